The molecule has 0 unspecified atom stereocenters. The number of amides is 2. The summed E-state index contributed by atoms with van der Waals surface area (Å²) in [5.41, 5.74) is 1.41. The molecule has 0 aliphatic rings. The van der Waals surface area contributed by atoms with E-state index >= 15 is 0 Å². The van der Waals surface area contributed by atoms with E-state index in [1.807, 2.05) is 6.92 Å². The van der Waals surface area contributed by atoms with Gasteiger partial charge in [0.25, 0.3) is 0 Å². The summed E-state index contributed by atoms with van der Waals surface area (Å²) in [5, 5.41) is 11.9. The third-order valence-corrected chi connectivity index (χ3v) is 3.18. The van der Waals surface area contributed by atoms with Gasteiger partial charge in [0.2, 0.25) is 0 Å². The number of nitrogens with zero attached hydrogens (tertiary/aromatic N) is 1. The van der Waals surface area contributed by atoms with Crippen molar-refractivity contribution in [1.82, 2.24) is 4.90 Å². The Balaban J connectivity index is 2.71. The fourth-order valence-electron chi connectivity index (χ4n) is 1.57. The molecule has 0 spiro atoms. The van der Waals surface area contributed by atoms with Gasteiger partial charge in [-0.3, -0.25) is 4.79 Å². The smallest absolute Gasteiger partial charge is 0.321 e. The lowest BCUT2D eigenvalue weighted by Crippen LogP contribution is -2.36. The van der Waals surface area contributed by atoms with Gasteiger partial charge in [0, 0.05) is 23.8 Å². The highest BCUT2D eigenvalue weighted by Gasteiger charge is 2.14. The molecule has 1 aromatic carbocycles. The van der Waals surface area contributed by atoms with E-state index in [0.29, 0.717) is 17.3 Å². The first kappa shape index (κ1) is 15.3. The van der Waals surface area contributed by atoms with Gasteiger partial charge in [0.15, 0.2) is 0 Å². The Kier molecular flexibility index (Phi) is 5.63. The molecule has 1 rings (SSSR count). The van der Waals surface area contributed by atoms with E-state index in [1.165, 1.54) is 4.90 Å². The summed E-state index contributed by atoms with van der Waals surface area (Å²) in [6.45, 7) is 4.23. The second kappa shape index (κ2) is 6.99. The number of rotatable bonds is 5. The number of carboxylic acids is 1. The summed E-state index contributed by atoms with van der Waals surface area (Å²) >= 11 is 5.97. The highest BCUT2D eigenvalue weighted by atomic mass is 35.5. The molecule has 5 nitrogen and oxygen atoms in total. The monoisotopic (exact) mass is 284 g/mol. The first-order valence-electron chi connectivity index (χ1n) is 5.98. The van der Waals surface area contributed by atoms with Gasteiger partial charge >= 0.3 is 12.0 Å². The lowest BCUT2D eigenvalue weighted by molar-refractivity contribution is -0.137. The molecular formula is C13H17ClN2O3. The summed E-state index contributed by atoms with van der Waals surface area (Å²) < 4.78 is 0. The SMILES string of the molecule is CCN(CCC(=O)O)C(=O)Nc1cccc(Cl)c1C. The van der Waals surface area contributed by atoms with Crippen LogP contribution in [0.15, 0.2) is 18.2 Å². The summed E-state index contributed by atoms with van der Waals surface area (Å²) in [6, 6.07) is 4.92. The van der Waals surface area contributed by atoms with Crippen LogP contribution in [0.4, 0.5) is 10.5 Å². The van der Waals surface area contributed by atoms with Crippen LogP contribution in [-0.4, -0.2) is 35.1 Å². The van der Waals surface area contributed by atoms with Gasteiger partial charge in [-0.05, 0) is 31.5 Å². The molecule has 1 aromatic rings. The zero-order valence-corrected chi connectivity index (χ0v) is 11.7. The number of carbonyl (C=O) groups excluding carboxylic acids is 1. The zero-order chi connectivity index (χ0) is 14.4. The average Bonchev–Trinajstić information content (AvgIpc) is 2.35. The molecule has 0 saturated carbocycles. The maximum atomic E-state index is 12.0. The predicted octanol–water partition coefficient (Wildman–Crippen LogP) is 2.98. The van der Waals surface area contributed by atoms with E-state index in [-0.39, 0.29) is 19.0 Å². The van der Waals surface area contributed by atoms with E-state index < -0.39 is 5.97 Å². The van der Waals surface area contributed by atoms with E-state index in [9.17, 15) is 9.59 Å². The fraction of sp³-hybridized carbons (Fsp3) is 0.385. The van der Waals surface area contributed by atoms with Gasteiger partial charge in [0.1, 0.15) is 0 Å². The third-order valence-electron chi connectivity index (χ3n) is 2.77. The van der Waals surface area contributed by atoms with Crippen LogP contribution in [0.25, 0.3) is 0 Å². The molecule has 0 saturated heterocycles. The number of hydrogen-bond donors (Lipinski definition) is 2. The average molecular weight is 285 g/mol. The maximum absolute atomic E-state index is 12.0. The number of anilines is 1. The van der Waals surface area contributed by atoms with Crippen molar-refractivity contribution in [1.29, 1.82) is 0 Å². The van der Waals surface area contributed by atoms with Crippen LogP contribution in [0, 0.1) is 6.92 Å². The number of nitrogens with one attached hydrogen (secondary N) is 1. The molecule has 104 valence electrons. The van der Waals surface area contributed by atoms with Crippen LogP contribution in [0.2, 0.25) is 5.02 Å². The third kappa shape index (κ3) is 4.44. The van der Waals surface area contributed by atoms with Gasteiger partial charge in [-0.1, -0.05) is 17.7 Å². The number of halogens is 1. The van der Waals surface area contributed by atoms with Crippen LogP contribution < -0.4 is 5.32 Å². The quantitative estimate of drug-likeness (QED) is 0.873. The molecule has 0 aliphatic carbocycles. The largest absolute Gasteiger partial charge is 0.481 e. The molecule has 2 amide bonds. The number of carbonyl (C=O) groups is 2. The van der Waals surface area contributed by atoms with Crippen molar-refractivity contribution in [3.05, 3.63) is 28.8 Å². The highest BCUT2D eigenvalue weighted by molar-refractivity contribution is 6.31. The normalized spacial score (nSPS) is 10.1. The lowest BCUT2D eigenvalue weighted by atomic mass is 10.2. The summed E-state index contributed by atoms with van der Waals surface area (Å²) in [7, 11) is 0. The minimum atomic E-state index is -0.926. The molecule has 0 bridgehead atoms. The predicted molar refractivity (Wildman–Crippen MR) is 74.7 cm³/mol. The Hall–Kier alpha value is -1.75. The molecule has 6 heteroatoms. The van der Waals surface area contributed by atoms with Crippen LogP contribution in [0.5, 0.6) is 0 Å². The second-order valence-corrected chi connectivity index (χ2v) is 4.47. The number of hydrogen-bond acceptors (Lipinski definition) is 2. The molecule has 0 aromatic heterocycles. The fourth-order valence-corrected chi connectivity index (χ4v) is 1.75. The maximum Gasteiger partial charge on any atom is 0.321 e. The molecular weight excluding hydrogens is 268 g/mol. The molecule has 2 N–H and O–H groups in total. The van der Waals surface area contributed by atoms with E-state index in [0.717, 1.165) is 5.56 Å². The number of urea groups is 1. The van der Waals surface area contributed by atoms with Crippen LogP contribution >= 0.6 is 11.6 Å². The topological polar surface area (TPSA) is 69.6 Å². The van der Waals surface area contributed by atoms with Crippen molar-refractivity contribution in [3.8, 4) is 0 Å². The first-order chi connectivity index (χ1) is 8.95. The van der Waals surface area contributed by atoms with Crippen LogP contribution in [0.1, 0.15) is 18.9 Å². The number of aliphatic carboxylic acids is 1. The van der Waals surface area contributed by atoms with Gasteiger partial charge in [-0.15, -0.1) is 0 Å². The minimum absolute atomic E-state index is 0.0736. The first-order valence-corrected chi connectivity index (χ1v) is 6.36. The molecule has 0 radical (unpaired) electrons. The molecule has 0 heterocycles. The van der Waals surface area contributed by atoms with E-state index in [2.05, 4.69) is 5.32 Å². The molecule has 19 heavy (non-hydrogen) atoms. The Labute approximate surface area is 117 Å². The van der Waals surface area contributed by atoms with Crippen molar-refractivity contribution in [2.24, 2.45) is 0 Å². The number of carboxylic acid groups (broad SMARTS) is 1. The molecule has 0 aliphatic heterocycles. The summed E-state index contributed by atoms with van der Waals surface area (Å²) in [4.78, 5) is 24.0. The Bertz CT molecular complexity index is 477. The standard InChI is InChI=1S/C13H17ClN2O3/c1-3-16(8-7-12(17)18)13(19)15-11-6-4-5-10(14)9(11)2/h4-6H,3,7-8H2,1-2H3,(H,15,19)(H,17,18). The Morgan fingerprint density at radius 1 is 1.42 bits per heavy atom. The van der Waals surface area contributed by atoms with E-state index in [1.54, 1.807) is 25.1 Å². The van der Waals surface area contributed by atoms with Crippen molar-refractivity contribution >= 4 is 29.3 Å². The minimum Gasteiger partial charge on any atom is -0.481 e. The summed E-state index contributed by atoms with van der Waals surface area (Å²) in [5.74, 6) is -0.926. The molecule has 0 fully saturated rings. The zero-order valence-electron chi connectivity index (χ0n) is 10.9. The number of benzene rings is 1. The van der Waals surface area contributed by atoms with Crippen LogP contribution in [-0.2, 0) is 4.79 Å². The van der Waals surface area contributed by atoms with Crippen molar-refractivity contribution in [2.75, 3.05) is 18.4 Å². The molecule has 0 atom stereocenters. The van der Waals surface area contributed by atoms with Crippen molar-refractivity contribution in [2.45, 2.75) is 20.3 Å². The van der Waals surface area contributed by atoms with Crippen molar-refractivity contribution < 1.29 is 14.7 Å². The summed E-state index contributed by atoms with van der Waals surface area (Å²) in [6.07, 6.45) is -0.0736. The highest BCUT2D eigenvalue weighted by Crippen LogP contribution is 2.23. The van der Waals surface area contributed by atoms with Crippen LogP contribution in [0.3, 0.4) is 0 Å². The lowest BCUT2D eigenvalue weighted by Gasteiger charge is -2.21. The Morgan fingerprint density at radius 3 is 2.68 bits per heavy atom. The van der Waals surface area contributed by atoms with Gasteiger partial charge < -0.3 is 15.3 Å². The second-order valence-electron chi connectivity index (χ2n) is 4.07. The van der Waals surface area contributed by atoms with Gasteiger partial charge in [-0.25, -0.2) is 4.79 Å². The Morgan fingerprint density at radius 2 is 2.11 bits per heavy atom. The van der Waals surface area contributed by atoms with Gasteiger partial charge in [0.05, 0.1) is 6.42 Å². The van der Waals surface area contributed by atoms with Crippen molar-refractivity contribution in [3.63, 3.8) is 0 Å². The van der Waals surface area contributed by atoms with E-state index in [4.69, 9.17) is 16.7 Å². The van der Waals surface area contributed by atoms with Gasteiger partial charge in [-0.2, -0.15) is 0 Å².